The number of unbranched alkanes of at least 4 members (excludes halogenated alkanes) is 1. The lowest BCUT2D eigenvalue weighted by Gasteiger charge is -2.16. The van der Waals surface area contributed by atoms with Gasteiger partial charge >= 0.3 is 0 Å². The molecule has 0 radical (unpaired) electrons. The van der Waals surface area contributed by atoms with Crippen LogP contribution >= 0.6 is 0 Å². The number of hydrogen-bond acceptors (Lipinski definition) is 2. The summed E-state index contributed by atoms with van der Waals surface area (Å²) in [6, 6.07) is 7.60. The molecule has 0 aromatic heterocycles. The second-order valence-electron chi connectivity index (χ2n) is 5.46. The molecule has 4 heteroatoms. The monoisotopic (exact) mass is 274 g/mol. The van der Waals surface area contributed by atoms with Crippen LogP contribution in [0.4, 0.5) is 5.69 Å². The first-order valence-electron chi connectivity index (χ1n) is 7.25. The van der Waals surface area contributed by atoms with Crippen LogP contribution in [-0.2, 0) is 9.59 Å². The van der Waals surface area contributed by atoms with Gasteiger partial charge in [-0.2, -0.15) is 0 Å². The van der Waals surface area contributed by atoms with E-state index in [9.17, 15) is 9.59 Å². The summed E-state index contributed by atoms with van der Waals surface area (Å²) in [6.45, 7) is 4.66. The van der Waals surface area contributed by atoms with Crippen LogP contribution in [0, 0.1) is 12.3 Å². The molecule has 1 fully saturated rings. The lowest BCUT2D eigenvalue weighted by Crippen LogP contribution is -2.40. The van der Waals surface area contributed by atoms with Gasteiger partial charge in [0.05, 0.1) is 0 Å². The van der Waals surface area contributed by atoms with Gasteiger partial charge in [0.1, 0.15) is 5.41 Å². The fraction of sp³-hybridized carbons (Fsp3) is 0.500. The molecule has 1 aromatic carbocycles. The lowest BCUT2D eigenvalue weighted by molar-refractivity contribution is -0.134. The van der Waals surface area contributed by atoms with E-state index in [-0.39, 0.29) is 11.8 Å². The molecule has 2 amide bonds. The maximum Gasteiger partial charge on any atom is 0.240 e. The molecule has 2 rings (SSSR count). The molecule has 0 unspecified atom stereocenters. The van der Waals surface area contributed by atoms with Crippen LogP contribution in [0.3, 0.4) is 0 Å². The van der Waals surface area contributed by atoms with Gasteiger partial charge in [-0.3, -0.25) is 9.59 Å². The van der Waals surface area contributed by atoms with Gasteiger partial charge in [-0.05, 0) is 37.8 Å². The molecule has 0 atom stereocenters. The van der Waals surface area contributed by atoms with Crippen LogP contribution in [0.15, 0.2) is 24.3 Å². The lowest BCUT2D eigenvalue weighted by atomic mass is 10.0. The van der Waals surface area contributed by atoms with Crippen molar-refractivity contribution < 1.29 is 9.59 Å². The first-order chi connectivity index (χ1) is 9.60. The Morgan fingerprint density at radius 3 is 2.50 bits per heavy atom. The highest BCUT2D eigenvalue weighted by atomic mass is 16.2. The summed E-state index contributed by atoms with van der Waals surface area (Å²) < 4.78 is 0. The van der Waals surface area contributed by atoms with E-state index in [0.717, 1.165) is 24.1 Å². The van der Waals surface area contributed by atoms with E-state index in [2.05, 4.69) is 17.6 Å². The Labute approximate surface area is 119 Å². The second kappa shape index (κ2) is 6.07. The van der Waals surface area contributed by atoms with Gasteiger partial charge < -0.3 is 10.6 Å². The van der Waals surface area contributed by atoms with Crippen molar-refractivity contribution in [2.75, 3.05) is 11.9 Å². The predicted molar refractivity (Wildman–Crippen MR) is 79.4 cm³/mol. The van der Waals surface area contributed by atoms with Crippen molar-refractivity contribution in [3.8, 4) is 0 Å². The Kier molecular flexibility index (Phi) is 4.42. The van der Waals surface area contributed by atoms with E-state index in [1.807, 2.05) is 31.2 Å². The molecule has 0 bridgehead atoms. The van der Waals surface area contributed by atoms with E-state index in [1.54, 1.807) is 0 Å². The third-order valence-electron chi connectivity index (χ3n) is 3.83. The van der Waals surface area contributed by atoms with Crippen molar-refractivity contribution in [2.45, 2.75) is 39.5 Å². The van der Waals surface area contributed by atoms with Crippen molar-refractivity contribution in [3.05, 3.63) is 29.8 Å². The van der Waals surface area contributed by atoms with Crippen LogP contribution in [0.25, 0.3) is 0 Å². The molecule has 0 aliphatic heterocycles. The van der Waals surface area contributed by atoms with Crippen LogP contribution in [0.1, 0.15) is 38.2 Å². The van der Waals surface area contributed by atoms with Crippen LogP contribution in [0.5, 0.6) is 0 Å². The number of amides is 2. The maximum absolute atomic E-state index is 12.4. The summed E-state index contributed by atoms with van der Waals surface area (Å²) >= 11 is 0. The molecule has 0 spiro atoms. The summed E-state index contributed by atoms with van der Waals surface area (Å²) in [6.07, 6.45) is 3.26. The van der Waals surface area contributed by atoms with Gasteiger partial charge in [0.2, 0.25) is 11.8 Å². The zero-order valence-corrected chi connectivity index (χ0v) is 12.2. The topological polar surface area (TPSA) is 58.2 Å². The number of nitrogens with one attached hydrogen (secondary N) is 2. The number of carbonyl (C=O) groups excluding carboxylic acids is 2. The number of hydrogen-bond donors (Lipinski definition) is 2. The number of benzene rings is 1. The second-order valence-corrected chi connectivity index (χ2v) is 5.46. The van der Waals surface area contributed by atoms with Crippen molar-refractivity contribution in [2.24, 2.45) is 5.41 Å². The molecule has 108 valence electrons. The van der Waals surface area contributed by atoms with E-state index in [1.165, 1.54) is 0 Å². The quantitative estimate of drug-likeness (QED) is 0.619. The van der Waals surface area contributed by atoms with Crippen LogP contribution in [-0.4, -0.2) is 18.4 Å². The van der Waals surface area contributed by atoms with E-state index in [4.69, 9.17) is 0 Å². The number of anilines is 1. The predicted octanol–water partition coefficient (Wildman–Crippen LogP) is 2.63. The Bertz CT molecular complexity index is 507. The Hall–Kier alpha value is -1.84. The average molecular weight is 274 g/mol. The highest BCUT2D eigenvalue weighted by Gasteiger charge is 2.56. The zero-order chi connectivity index (χ0) is 14.6. The first kappa shape index (κ1) is 14.6. The number of rotatable bonds is 6. The smallest absolute Gasteiger partial charge is 0.240 e. The van der Waals surface area contributed by atoms with Crippen molar-refractivity contribution in [1.82, 2.24) is 5.32 Å². The average Bonchev–Trinajstić information content (AvgIpc) is 3.23. The highest BCUT2D eigenvalue weighted by Crippen LogP contribution is 2.46. The summed E-state index contributed by atoms with van der Waals surface area (Å²) in [5.41, 5.74) is 0.948. The number of aryl methyl sites for hydroxylation is 1. The van der Waals surface area contributed by atoms with Crippen molar-refractivity contribution >= 4 is 17.5 Å². The SMILES string of the molecule is CCCCNC(=O)C1(C(=O)Nc2ccccc2C)CC1. The van der Waals surface area contributed by atoms with Crippen LogP contribution in [0.2, 0.25) is 0 Å². The maximum atomic E-state index is 12.4. The molecule has 1 aliphatic carbocycles. The molecule has 1 aliphatic rings. The van der Waals surface area contributed by atoms with Crippen LogP contribution < -0.4 is 10.6 Å². The van der Waals surface area contributed by atoms with Gasteiger partial charge in [-0.1, -0.05) is 31.5 Å². The third kappa shape index (κ3) is 3.00. The van der Waals surface area contributed by atoms with Gasteiger partial charge in [0.15, 0.2) is 0 Å². The number of carbonyl (C=O) groups is 2. The molecule has 0 saturated heterocycles. The number of para-hydroxylation sites is 1. The molecular formula is C16H22N2O2. The normalized spacial score (nSPS) is 15.5. The Morgan fingerprint density at radius 2 is 1.90 bits per heavy atom. The first-order valence-corrected chi connectivity index (χ1v) is 7.25. The largest absolute Gasteiger partial charge is 0.355 e. The standard InChI is InChI=1S/C16H22N2O2/c1-3-4-11-17-14(19)16(9-10-16)15(20)18-13-8-6-5-7-12(13)2/h5-8H,3-4,9-11H2,1-2H3,(H,17,19)(H,18,20). The molecule has 20 heavy (non-hydrogen) atoms. The molecular weight excluding hydrogens is 252 g/mol. The fourth-order valence-corrected chi connectivity index (χ4v) is 2.19. The van der Waals surface area contributed by atoms with Crippen molar-refractivity contribution in [1.29, 1.82) is 0 Å². The molecule has 0 heterocycles. The summed E-state index contributed by atoms with van der Waals surface area (Å²) in [4.78, 5) is 24.5. The van der Waals surface area contributed by atoms with Gasteiger partial charge in [0.25, 0.3) is 0 Å². The van der Waals surface area contributed by atoms with E-state index < -0.39 is 5.41 Å². The minimum absolute atomic E-state index is 0.128. The molecule has 4 nitrogen and oxygen atoms in total. The van der Waals surface area contributed by atoms with Crippen molar-refractivity contribution in [3.63, 3.8) is 0 Å². The van der Waals surface area contributed by atoms with Gasteiger partial charge in [-0.25, -0.2) is 0 Å². The van der Waals surface area contributed by atoms with Gasteiger partial charge in [0, 0.05) is 12.2 Å². The Morgan fingerprint density at radius 1 is 1.20 bits per heavy atom. The van der Waals surface area contributed by atoms with E-state index >= 15 is 0 Å². The fourth-order valence-electron chi connectivity index (χ4n) is 2.19. The minimum Gasteiger partial charge on any atom is -0.355 e. The molecule has 1 aromatic rings. The zero-order valence-electron chi connectivity index (χ0n) is 12.2. The highest BCUT2D eigenvalue weighted by molar-refractivity contribution is 6.13. The summed E-state index contributed by atoms with van der Waals surface area (Å²) in [5.74, 6) is -0.308. The summed E-state index contributed by atoms with van der Waals surface area (Å²) in [5, 5.41) is 5.75. The summed E-state index contributed by atoms with van der Waals surface area (Å²) in [7, 11) is 0. The van der Waals surface area contributed by atoms with E-state index in [0.29, 0.717) is 19.4 Å². The molecule has 1 saturated carbocycles. The Balaban J connectivity index is 1.98. The minimum atomic E-state index is -0.837. The third-order valence-corrected chi connectivity index (χ3v) is 3.83. The molecule has 2 N–H and O–H groups in total. The van der Waals surface area contributed by atoms with Gasteiger partial charge in [-0.15, -0.1) is 0 Å².